The lowest BCUT2D eigenvalue weighted by Crippen LogP contribution is -2.11. The highest BCUT2D eigenvalue weighted by Gasteiger charge is 2.25. The van der Waals surface area contributed by atoms with E-state index in [0.717, 1.165) is 24.0 Å². The molecule has 2 aromatic carbocycles. The molecule has 0 saturated carbocycles. The smallest absolute Gasteiger partial charge is 0.131 e. The Morgan fingerprint density at radius 2 is 1.32 bits per heavy atom. The molecule has 0 aliphatic heterocycles. The fraction of sp³-hybridized carbons (Fsp3) is 0.368. The third-order valence-electron chi connectivity index (χ3n) is 4.69. The van der Waals surface area contributed by atoms with Crippen LogP contribution in [0.5, 0.6) is 0 Å². The van der Waals surface area contributed by atoms with E-state index in [4.69, 9.17) is 0 Å². The second-order valence-corrected chi connectivity index (χ2v) is 7.89. The molecule has 0 aromatic heterocycles. The molecular formula is C19H21FS2. The van der Waals surface area contributed by atoms with Gasteiger partial charge in [-0.1, -0.05) is 36.4 Å². The Bertz CT molecular complexity index is 631. The first-order valence-corrected chi connectivity index (χ1v) is 10.1. The molecule has 116 valence electrons. The van der Waals surface area contributed by atoms with E-state index in [9.17, 15) is 0 Å². The number of hydrogen-bond donors (Lipinski definition) is 0. The molecule has 0 N–H and O–H groups in total. The van der Waals surface area contributed by atoms with Crippen molar-refractivity contribution in [1.82, 2.24) is 0 Å². The second-order valence-electron chi connectivity index (χ2n) is 5.81. The molecule has 2 aromatic rings. The van der Waals surface area contributed by atoms with Crippen molar-refractivity contribution in [2.45, 2.75) is 30.3 Å². The van der Waals surface area contributed by atoms with Gasteiger partial charge in [0.15, 0.2) is 0 Å². The van der Waals surface area contributed by atoms with E-state index in [-0.39, 0.29) is 16.3 Å². The molecule has 0 radical (unpaired) electrons. The van der Waals surface area contributed by atoms with Crippen molar-refractivity contribution in [3.63, 3.8) is 0 Å². The average molecular weight is 333 g/mol. The average Bonchev–Trinajstić information content (AvgIpc) is 2.53. The molecule has 0 saturated heterocycles. The van der Waals surface area contributed by atoms with Crippen LogP contribution in [-0.2, 0) is 12.8 Å². The van der Waals surface area contributed by atoms with Crippen LogP contribution in [0, 0.1) is 12.7 Å². The second kappa shape index (κ2) is 6.67. The summed E-state index contributed by atoms with van der Waals surface area (Å²) in [6.45, 7) is 2.21. The van der Waals surface area contributed by atoms with Gasteiger partial charge in [-0.3, -0.25) is 0 Å². The van der Waals surface area contributed by atoms with Crippen molar-refractivity contribution in [3.8, 4) is 0 Å². The van der Waals surface area contributed by atoms with Gasteiger partial charge in [-0.25, -0.2) is 4.39 Å². The molecule has 4 bridgehead atoms. The van der Waals surface area contributed by atoms with Crippen molar-refractivity contribution in [1.29, 1.82) is 0 Å². The van der Waals surface area contributed by atoms with Gasteiger partial charge in [0.2, 0.25) is 0 Å². The van der Waals surface area contributed by atoms with Crippen LogP contribution in [0.4, 0.5) is 4.39 Å². The Kier molecular flexibility index (Phi) is 4.84. The van der Waals surface area contributed by atoms with Crippen LogP contribution in [0.3, 0.4) is 0 Å². The molecule has 1 aliphatic rings. The summed E-state index contributed by atoms with van der Waals surface area (Å²) in [5.74, 6) is 0.00371. The molecule has 3 heteroatoms. The summed E-state index contributed by atoms with van der Waals surface area (Å²) >= 11 is 3.48. The quantitative estimate of drug-likeness (QED) is 0.687. The summed E-state index contributed by atoms with van der Waals surface area (Å²) in [5, 5.41) is 0.351. The summed E-state index contributed by atoms with van der Waals surface area (Å²) in [6.07, 6.45) is 5.94. The van der Waals surface area contributed by atoms with Crippen molar-refractivity contribution in [2.24, 2.45) is 0 Å². The highest BCUT2D eigenvalue weighted by atomic mass is 32.2. The van der Waals surface area contributed by atoms with E-state index < -0.39 is 0 Å². The molecule has 0 amide bonds. The Hall–Kier alpha value is -0.930. The van der Waals surface area contributed by atoms with Crippen LogP contribution in [0.1, 0.15) is 38.3 Å². The van der Waals surface area contributed by atoms with Crippen LogP contribution >= 0.6 is 23.5 Å². The molecule has 2 unspecified atom stereocenters. The number of thioether (sulfide) groups is 2. The predicted octanol–water partition coefficient (Wildman–Crippen LogP) is 5.74. The van der Waals surface area contributed by atoms with Crippen LogP contribution < -0.4 is 0 Å². The number of hydrogen-bond acceptors (Lipinski definition) is 2. The van der Waals surface area contributed by atoms with E-state index >= 15 is 4.39 Å². The number of halogens is 1. The lowest BCUT2D eigenvalue weighted by molar-refractivity contribution is 0.586. The van der Waals surface area contributed by atoms with Crippen LogP contribution in [0.15, 0.2) is 36.4 Å². The monoisotopic (exact) mass is 332 g/mol. The summed E-state index contributed by atoms with van der Waals surface area (Å²) in [7, 11) is 0. The zero-order chi connectivity index (χ0) is 15.7. The Balaban J connectivity index is 2.20. The fourth-order valence-corrected chi connectivity index (χ4v) is 4.85. The van der Waals surface area contributed by atoms with E-state index in [1.807, 2.05) is 18.2 Å². The van der Waals surface area contributed by atoms with Gasteiger partial charge in [-0.2, -0.15) is 23.5 Å². The first-order valence-electron chi connectivity index (χ1n) is 7.57. The van der Waals surface area contributed by atoms with Crippen molar-refractivity contribution < 1.29 is 4.39 Å². The maximum atomic E-state index is 15.1. The first kappa shape index (κ1) is 15.9. The standard InChI is InChI=1S/C19H21FS2/c1-12-13-6-4-7-14(12)11-18(22-3)16-9-5-8-15(19(16)20)17(10-13)21-2/h4-9,17-18H,10-11H2,1-3H3. The van der Waals surface area contributed by atoms with Gasteiger partial charge in [-0.05, 0) is 49.0 Å². The van der Waals surface area contributed by atoms with Gasteiger partial charge in [0, 0.05) is 21.6 Å². The molecule has 0 fully saturated rings. The third-order valence-corrected chi connectivity index (χ3v) is 6.67. The molecule has 0 spiro atoms. The summed E-state index contributed by atoms with van der Waals surface area (Å²) in [6, 6.07) is 12.5. The van der Waals surface area contributed by atoms with E-state index in [1.54, 1.807) is 23.5 Å². The minimum absolute atomic E-state index is 0.00371. The zero-order valence-electron chi connectivity index (χ0n) is 13.2. The molecule has 1 aliphatic carbocycles. The zero-order valence-corrected chi connectivity index (χ0v) is 14.9. The molecule has 22 heavy (non-hydrogen) atoms. The number of rotatable bonds is 2. The van der Waals surface area contributed by atoms with Gasteiger partial charge in [0.05, 0.1) is 0 Å². The van der Waals surface area contributed by atoms with Gasteiger partial charge >= 0.3 is 0 Å². The number of benzene rings is 2. The van der Waals surface area contributed by atoms with Crippen LogP contribution in [-0.4, -0.2) is 12.5 Å². The minimum Gasteiger partial charge on any atom is -0.206 e. The maximum Gasteiger partial charge on any atom is 0.131 e. The SMILES string of the molecule is CSC1Cc2cccc(c2C)CC(SC)c2cccc1c2F. The van der Waals surface area contributed by atoms with Crippen molar-refractivity contribution >= 4 is 23.5 Å². The third kappa shape index (κ3) is 2.81. The Labute approximate surface area is 140 Å². The molecule has 0 heterocycles. The Morgan fingerprint density at radius 1 is 0.864 bits per heavy atom. The van der Waals surface area contributed by atoms with Gasteiger partial charge in [0.1, 0.15) is 5.82 Å². The molecule has 3 rings (SSSR count). The van der Waals surface area contributed by atoms with Gasteiger partial charge in [-0.15, -0.1) is 0 Å². The van der Waals surface area contributed by atoms with Gasteiger partial charge < -0.3 is 0 Å². The lowest BCUT2D eigenvalue weighted by Gasteiger charge is -2.25. The van der Waals surface area contributed by atoms with Crippen molar-refractivity contribution in [3.05, 3.63) is 70.0 Å². The van der Waals surface area contributed by atoms with E-state index in [2.05, 4.69) is 37.6 Å². The topological polar surface area (TPSA) is 0 Å². The summed E-state index contributed by atoms with van der Waals surface area (Å²) < 4.78 is 15.1. The van der Waals surface area contributed by atoms with Crippen LogP contribution in [0.25, 0.3) is 0 Å². The fourth-order valence-electron chi connectivity index (χ4n) is 3.28. The maximum absolute atomic E-state index is 15.1. The lowest BCUT2D eigenvalue weighted by atomic mass is 9.90. The first-order chi connectivity index (χ1) is 10.7. The predicted molar refractivity (Wildman–Crippen MR) is 97.5 cm³/mol. The molecular weight excluding hydrogens is 311 g/mol. The normalized spacial score (nSPS) is 20.7. The van der Waals surface area contributed by atoms with Crippen molar-refractivity contribution in [2.75, 3.05) is 12.5 Å². The minimum atomic E-state index is 0.00371. The van der Waals surface area contributed by atoms with Crippen LogP contribution in [0.2, 0.25) is 0 Å². The largest absolute Gasteiger partial charge is 0.206 e. The highest BCUT2D eigenvalue weighted by Crippen LogP contribution is 2.40. The van der Waals surface area contributed by atoms with E-state index in [0.29, 0.717) is 0 Å². The van der Waals surface area contributed by atoms with E-state index in [1.165, 1.54) is 16.7 Å². The molecule has 0 nitrogen and oxygen atoms in total. The molecule has 2 atom stereocenters. The highest BCUT2D eigenvalue weighted by molar-refractivity contribution is 7.99. The summed E-state index contributed by atoms with van der Waals surface area (Å²) in [5.41, 5.74) is 5.80. The van der Waals surface area contributed by atoms with Gasteiger partial charge in [0.25, 0.3) is 0 Å². The summed E-state index contributed by atoms with van der Waals surface area (Å²) in [4.78, 5) is 0. The number of fused-ring (bicyclic) bond motifs is 4. The Morgan fingerprint density at radius 3 is 1.77 bits per heavy atom.